The zero-order valence-electron chi connectivity index (χ0n) is 16.1. The Kier molecular flexibility index (Phi) is 5.14. The van der Waals surface area contributed by atoms with Crippen molar-refractivity contribution in [2.75, 3.05) is 19.8 Å². The third kappa shape index (κ3) is 3.66. The van der Waals surface area contributed by atoms with Crippen LogP contribution in [0.4, 0.5) is 13.2 Å². The first-order valence-corrected chi connectivity index (χ1v) is 9.37. The van der Waals surface area contributed by atoms with Crippen molar-refractivity contribution in [3.05, 3.63) is 65.7 Å². The van der Waals surface area contributed by atoms with Gasteiger partial charge in [-0.1, -0.05) is 31.2 Å². The van der Waals surface area contributed by atoms with Gasteiger partial charge in [-0.25, -0.2) is 13.2 Å². The summed E-state index contributed by atoms with van der Waals surface area (Å²) < 4.78 is 63.6. The van der Waals surface area contributed by atoms with Gasteiger partial charge in [-0.15, -0.1) is 0 Å². The van der Waals surface area contributed by atoms with Crippen molar-refractivity contribution in [3.63, 3.8) is 0 Å². The monoisotopic (exact) mass is 406 g/mol. The van der Waals surface area contributed by atoms with Gasteiger partial charge in [-0.2, -0.15) is 0 Å². The van der Waals surface area contributed by atoms with E-state index in [0.29, 0.717) is 42.8 Å². The van der Waals surface area contributed by atoms with Crippen molar-refractivity contribution in [1.29, 1.82) is 0 Å². The first-order chi connectivity index (χ1) is 13.9. The maximum atomic E-state index is 14.2. The molecule has 0 spiro atoms. The third-order valence-corrected chi connectivity index (χ3v) is 5.36. The summed E-state index contributed by atoms with van der Waals surface area (Å²) in [6.07, 6.45) is 1.55. The number of rotatable bonds is 5. The number of ether oxygens (including phenoxy) is 4. The van der Waals surface area contributed by atoms with Gasteiger partial charge in [0.1, 0.15) is 12.1 Å². The molecule has 3 aliphatic rings. The van der Waals surface area contributed by atoms with E-state index in [1.165, 1.54) is 0 Å². The van der Waals surface area contributed by atoms with Crippen LogP contribution in [-0.2, 0) is 20.2 Å². The SMILES string of the molecule is CCC12COC(c3ccc(-c4cc(F)c(O/C=C(\C)F)c(F)c4)cc3)(OC1)OC2. The maximum Gasteiger partial charge on any atom is 0.312 e. The average molecular weight is 406 g/mol. The molecule has 0 unspecified atom stereocenters. The second-order valence-electron chi connectivity index (χ2n) is 7.44. The van der Waals surface area contributed by atoms with Gasteiger partial charge >= 0.3 is 5.97 Å². The molecule has 3 heterocycles. The van der Waals surface area contributed by atoms with E-state index < -0.39 is 29.2 Å². The molecule has 0 aromatic heterocycles. The lowest BCUT2D eigenvalue weighted by atomic mass is 9.85. The quantitative estimate of drug-likeness (QED) is 0.621. The lowest BCUT2D eigenvalue weighted by molar-refractivity contribution is -0.480. The molecule has 0 aliphatic carbocycles. The van der Waals surface area contributed by atoms with Gasteiger partial charge in [0.15, 0.2) is 17.4 Å². The van der Waals surface area contributed by atoms with Crippen molar-refractivity contribution >= 4 is 0 Å². The van der Waals surface area contributed by atoms with Crippen molar-refractivity contribution in [2.45, 2.75) is 26.2 Å². The summed E-state index contributed by atoms with van der Waals surface area (Å²) in [7, 11) is 0. The minimum absolute atomic E-state index is 0.101. The van der Waals surface area contributed by atoms with Crippen LogP contribution in [0.2, 0.25) is 0 Å². The molecule has 2 aromatic carbocycles. The topological polar surface area (TPSA) is 36.9 Å². The van der Waals surface area contributed by atoms with Gasteiger partial charge < -0.3 is 18.9 Å². The molecule has 154 valence electrons. The van der Waals surface area contributed by atoms with Crippen LogP contribution in [0.1, 0.15) is 25.8 Å². The highest BCUT2D eigenvalue weighted by Gasteiger charge is 2.52. The fraction of sp³-hybridized carbons (Fsp3) is 0.364. The average Bonchev–Trinajstić information content (AvgIpc) is 2.74. The molecule has 0 amide bonds. The number of fused-ring (bicyclic) bond motifs is 3. The molecule has 29 heavy (non-hydrogen) atoms. The fourth-order valence-electron chi connectivity index (χ4n) is 3.40. The lowest BCUT2D eigenvalue weighted by Gasteiger charge is -2.51. The summed E-state index contributed by atoms with van der Waals surface area (Å²) in [6.45, 7) is 4.85. The number of allylic oxidation sites excluding steroid dienone is 1. The van der Waals surface area contributed by atoms with E-state index >= 15 is 0 Å². The van der Waals surface area contributed by atoms with Crippen LogP contribution in [0, 0.1) is 17.0 Å². The highest BCUT2D eigenvalue weighted by Crippen LogP contribution is 2.45. The summed E-state index contributed by atoms with van der Waals surface area (Å²) in [6, 6.07) is 9.17. The Labute approximate surface area is 166 Å². The Hall–Kier alpha value is -2.35. The first kappa shape index (κ1) is 19.9. The standard InChI is InChI=1S/C22H21F3O4/c1-3-21-11-27-22(28-12-21,29-13-21)17-6-4-15(5-7-17)16-8-18(24)20(19(25)9-16)26-10-14(2)23/h4-10H,3,11-13H2,1-2H3/b14-10+. The molecule has 0 saturated carbocycles. The van der Waals surface area contributed by atoms with Gasteiger partial charge in [-0.3, -0.25) is 0 Å². The van der Waals surface area contributed by atoms with Crippen LogP contribution in [0.25, 0.3) is 11.1 Å². The van der Waals surface area contributed by atoms with Crippen LogP contribution in [0.3, 0.4) is 0 Å². The highest BCUT2D eigenvalue weighted by molar-refractivity contribution is 5.65. The molecular weight excluding hydrogens is 385 g/mol. The minimum Gasteiger partial charge on any atom is -0.456 e. The molecule has 0 atom stereocenters. The van der Waals surface area contributed by atoms with E-state index in [2.05, 4.69) is 6.92 Å². The number of benzene rings is 2. The molecule has 3 fully saturated rings. The van der Waals surface area contributed by atoms with Gasteiger partial charge in [0.05, 0.1) is 19.8 Å². The highest BCUT2D eigenvalue weighted by atomic mass is 19.1. The summed E-state index contributed by atoms with van der Waals surface area (Å²) in [5, 5.41) is 0. The van der Waals surface area contributed by atoms with Crippen LogP contribution in [0.15, 0.2) is 48.5 Å². The van der Waals surface area contributed by atoms with Crippen molar-refractivity contribution in [3.8, 4) is 16.9 Å². The second-order valence-corrected chi connectivity index (χ2v) is 7.44. The number of hydrogen-bond donors (Lipinski definition) is 0. The van der Waals surface area contributed by atoms with E-state index in [-0.39, 0.29) is 5.41 Å². The van der Waals surface area contributed by atoms with Crippen LogP contribution in [-0.4, -0.2) is 19.8 Å². The Morgan fingerprint density at radius 2 is 1.55 bits per heavy atom. The van der Waals surface area contributed by atoms with E-state index in [4.69, 9.17) is 18.9 Å². The molecule has 5 rings (SSSR count). The van der Waals surface area contributed by atoms with E-state index in [9.17, 15) is 13.2 Å². The summed E-state index contributed by atoms with van der Waals surface area (Å²) in [5.74, 6) is -4.44. The molecule has 7 heteroatoms. The summed E-state index contributed by atoms with van der Waals surface area (Å²) in [4.78, 5) is 0. The molecule has 0 N–H and O–H groups in total. The molecular formula is C22H21F3O4. The maximum absolute atomic E-state index is 14.2. The fourth-order valence-corrected chi connectivity index (χ4v) is 3.40. The van der Waals surface area contributed by atoms with Crippen LogP contribution in [0.5, 0.6) is 5.75 Å². The minimum atomic E-state index is -1.24. The van der Waals surface area contributed by atoms with Crippen LogP contribution >= 0.6 is 0 Å². The first-order valence-electron chi connectivity index (χ1n) is 9.37. The van der Waals surface area contributed by atoms with Crippen molar-refractivity contribution < 1.29 is 32.1 Å². The van der Waals surface area contributed by atoms with E-state index in [0.717, 1.165) is 25.5 Å². The van der Waals surface area contributed by atoms with Gasteiger partial charge in [0, 0.05) is 11.0 Å². The zero-order valence-corrected chi connectivity index (χ0v) is 16.1. The predicted octanol–water partition coefficient (Wildman–Crippen LogP) is 5.43. The number of hydrogen-bond acceptors (Lipinski definition) is 4. The van der Waals surface area contributed by atoms with Gasteiger partial charge in [0.25, 0.3) is 0 Å². The molecule has 3 aliphatic heterocycles. The van der Waals surface area contributed by atoms with Crippen molar-refractivity contribution in [2.24, 2.45) is 5.41 Å². The molecule has 2 aromatic rings. The normalized spacial score (nSPS) is 26.6. The summed E-state index contributed by atoms with van der Waals surface area (Å²) >= 11 is 0. The summed E-state index contributed by atoms with van der Waals surface area (Å²) in [5.41, 5.74) is 1.48. The molecule has 3 saturated heterocycles. The third-order valence-electron chi connectivity index (χ3n) is 5.36. The Bertz CT molecular complexity index is 888. The molecule has 2 bridgehead atoms. The van der Waals surface area contributed by atoms with Crippen LogP contribution < -0.4 is 4.74 Å². The Morgan fingerprint density at radius 1 is 1.00 bits per heavy atom. The zero-order chi connectivity index (χ0) is 20.6. The Balaban J connectivity index is 1.57. The van der Waals surface area contributed by atoms with Gasteiger partial charge in [0.2, 0.25) is 0 Å². The van der Waals surface area contributed by atoms with E-state index in [1.54, 1.807) is 24.3 Å². The van der Waals surface area contributed by atoms with E-state index in [1.807, 2.05) is 0 Å². The predicted molar refractivity (Wildman–Crippen MR) is 99.5 cm³/mol. The second kappa shape index (κ2) is 7.48. The molecule has 4 nitrogen and oxygen atoms in total. The largest absolute Gasteiger partial charge is 0.456 e. The Morgan fingerprint density at radius 3 is 2.03 bits per heavy atom. The smallest absolute Gasteiger partial charge is 0.312 e. The lowest BCUT2D eigenvalue weighted by Crippen LogP contribution is -2.58. The number of halogens is 3. The van der Waals surface area contributed by atoms with Crippen molar-refractivity contribution in [1.82, 2.24) is 0 Å². The van der Waals surface area contributed by atoms with Gasteiger partial charge in [-0.05, 0) is 36.6 Å². The molecule has 0 radical (unpaired) electrons.